The molecule has 0 aliphatic heterocycles. The van der Waals surface area contributed by atoms with E-state index in [2.05, 4.69) is 5.10 Å². The fourth-order valence-electron chi connectivity index (χ4n) is 0.512. The second-order valence-electron chi connectivity index (χ2n) is 1.61. The van der Waals surface area contributed by atoms with Gasteiger partial charge in [-0.2, -0.15) is 5.10 Å². The number of alkyl halides is 1. The van der Waals surface area contributed by atoms with Crippen molar-refractivity contribution in [3.05, 3.63) is 22.5 Å². The van der Waals surface area contributed by atoms with Crippen LogP contribution in [0, 0.1) is 10.1 Å². The van der Waals surface area contributed by atoms with E-state index in [1.807, 2.05) is 0 Å². The molecule has 5 nitrogen and oxygen atoms in total. The Morgan fingerprint density at radius 3 is 2.90 bits per heavy atom. The van der Waals surface area contributed by atoms with Crippen molar-refractivity contribution in [1.29, 1.82) is 0 Å². The van der Waals surface area contributed by atoms with E-state index in [9.17, 15) is 10.1 Å². The Morgan fingerprint density at radius 1 is 1.90 bits per heavy atom. The molecule has 0 aromatic carbocycles. The summed E-state index contributed by atoms with van der Waals surface area (Å²) < 4.78 is 1.28. The van der Waals surface area contributed by atoms with Crippen LogP contribution in [0.5, 0.6) is 0 Å². The number of nitrogens with zero attached hydrogens (tertiary/aromatic N) is 3. The Morgan fingerprint density at radius 2 is 2.60 bits per heavy atom. The summed E-state index contributed by atoms with van der Waals surface area (Å²) in [7, 11) is 0. The van der Waals surface area contributed by atoms with Crippen LogP contribution >= 0.6 is 11.6 Å². The molecule has 0 radical (unpaired) electrons. The number of rotatable bonds is 2. The van der Waals surface area contributed by atoms with Crippen LogP contribution in [0.25, 0.3) is 0 Å². The Labute approximate surface area is 61.4 Å². The summed E-state index contributed by atoms with van der Waals surface area (Å²) in [5.41, 5.74) is -0.0411. The van der Waals surface area contributed by atoms with Gasteiger partial charge in [-0.05, 0) is 0 Å². The van der Waals surface area contributed by atoms with E-state index in [0.29, 0.717) is 0 Å². The molecule has 0 aliphatic rings. The van der Waals surface area contributed by atoms with Gasteiger partial charge in [-0.3, -0.25) is 14.8 Å². The summed E-state index contributed by atoms with van der Waals surface area (Å²) in [6.07, 6.45) is 2.43. The third kappa shape index (κ3) is 1.24. The molecule has 0 aliphatic carbocycles. The van der Waals surface area contributed by atoms with E-state index in [1.54, 1.807) is 0 Å². The van der Waals surface area contributed by atoms with Gasteiger partial charge < -0.3 is 0 Å². The molecule has 6 heteroatoms. The molecule has 1 aromatic heterocycles. The first-order chi connectivity index (χ1) is 4.74. The van der Waals surface area contributed by atoms with Crippen molar-refractivity contribution in [3.63, 3.8) is 0 Å². The molecule has 54 valence electrons. The molecule has 0 amide bonds. The smallest absolute Gasteiger partial charge is 0.258 e. The van der Waals surface area contributed by atoms with Gasteiger partial charge in [-0.1, -0.05) is 0 Å². The lowest BCUT2D eigenvalue weighted by Gasteiger charge is -1.85. The molecule has 0 spiro atoms. The Bertz CT molecular complexity index is 246. The molecule has 10 heavy (non-hydrogen) atoms. The summed E-state index contributed by atoms with van der Waals surface area (Å²) in [6.45, 7) is 0. The molecule has 0 atom stereocenters. The van der Waals surface area contributed by atoms with E-state index in [0.717, 1.165) is 6.20 Å². The molecule has 0 saturated carbocycles. The van der Waals surface area contributed by atoms with Crippen molar-refractivity contribution in [1.82, 2.24) is 9.78 Å². The van der Waals surface area contributed by atoms with Gasteiger partial charge in [0, 0.05) is 0 Å². The molecule has 1 aromatic rings. The first-order valence-electron chi connectivity index (χ1n) is 2.47. The molecule has 1 heterocycles. The van der Waals surface area contributed by atoms with Crippen molar-refractivity contribution < 1.29 is 4.92 Å². The summed E-state index contributed by atoms with van der Waals surface area (Å²) in [5.74, 6) is 0. The van der Waals surface area contributed by atoms with Crippen molar-refractivity contribution in [3.8, 4) is 0 Å². The van der Waals surface area contributed by atoms with Gasteiger partial charge in [0.05, 0.1) is 4.92 Å². The number of nitro groups is 1. The maximum absolute atomic E-state index is 10.0. The van der Waals surface area contributed by atoms with Gasteiger partial charge in [-0.25, -0.2) is 0 Å². The van der Waals surface area contributed by atoms with E-state index in [-0.39, 0.29) is 11.7 Å². The largest absolute Gasteiger partial charge is 0.307 e. The first-order valence-corrected chi connectivity index (χ1v) is 3.00. The van der Waals surface area contributed by atoms with Gasteiger partial charge in [0.25, 0.3) is 0 Å². The minimum atomic E-state index is -0.518. The average Bonchev–Trinajstić information content (AvgIpc) is 2.34. The van der Waals surface area contributed by atoms with E-state index >= 15 is 0 Å². The van der Waals surface area contributed by atoms with Crippen LogP contribution in [0.4, 0.5) is 5.69 Å². The topological polar surface area (TPSA) is 61.0 Å². The molecule has 0 N–H and O–H groups in total. The van der Waals surface area contributed by atoms with Crippen LogP contribution in [0.15, 0.2) is 12.4 Å². The van der Waals surface area contributed by atoms with Crippen LogP contribution in [-0.2, 0) is 6.00 Å². The quantitative estimate of drug-likeness (QED) is 0.369. The lowest BCUT2D eigenvalue weighted by atomic mass is 10.6. The molecular weight excluding hydrogens is 158 g/mol. The van der Waals surface area contributed by atoms with Crippen LogP contribution in [0.1, 0.15) is 0 Å². The van der Waals surface area contributed by atoms with E-state index in [4.69, 9.17) is 11.6 Å². The highest BCUT2D eigenvalue weighted by Gasteiger charge is 2.06. The predicted octanol–water partition coefficient (Wildman–Crippen LogP) is 0.988. The highest BCUT2D eigenvalue weighted by Crippen LogP contribution is 2.07. The Kier molecular flexibility index (Phi) is 1.86. The number of halogens is 1. The molecular formula is C4H4ClN3O2. The molecule has 0 fully saturated rings. The van der Waals surface area contributed by atoms with Crippen molar-refractivity contribution in [2.24, 2.45) is 0 Å². The molecule has 0 unspecified atom stereocenters. The second kappa shape index (κ2) is 2.66. The number of hydrogen-bond donors (Lipinski definition) is 0. The standard InChI is InChI=1S/C4H4ClN3O2/c5-3-7-2-4(1-6-7)8(9)10/h1-2H,3H2. The summed E-state index contributed by atoms with van der Waals surface area (Å²) in [5, 5.41) is 13.6. The highest BCUT2D eigenvalue weighted by atomic mass is 35.5. The highest BCUT2D eigenvalue weighted by molar-refractivity contribution is 6.15. The zero-order chi connectivity index (χ0) is 7.56. The lowest BCUT2D eigenvalue weighted by molar-refractivity contribution is -0.385. The van der Waals surface area contributed by atoms with Crippen molar-refractivity contribution in [2.45, 2.75) is 6.00 Å². The zero-order valence-electron chi connectivity index (χ0n) is 4.90. The normalized spacial score (nSPS) is 9.70. The lowest BCUT2D eigenvalue weighted by Crippen LogP contribution is -1.90. The Hall–Kier alpha value is -1.10. The van der Waals surface area contributed by atoms with Gasteiger partial charge >= 0.3 is 5.69 Å². The van der Waals surface area contributed by atoms with Crippen LogP contribution in [0.3, 0.4) is 0 Å². The molecule has 0 bridgehead atoms. The fraction of sp³-hybridized carbons (Fsp3) is 0.250. The second-order valence-corrected chi connectivity index (χ2v) is 1.85. The first kappa shape index (κ1) is 7.01. The minimum Gasteiger partial charge on any atom is -0.258 e. The van der Waals surface area contributed by atoms with Crippen LogP contribution in [-0.4, -0.2) is 14.7 Å². The molecule has 0 saturated heterocycles. The summed E-state index contributed by atoms with van der Waals surface area (Å²) in [6, 6.07) is 0.133. The van der Waals surface area contributed by atoms with Crippen LogP contribution in [0.2, 0.25) is 0 Å². The van der Waals surface area contributed by atoms with Crippen molar-refractivity contribution >= 4 is 17.3 Å². The number of aromatic nitrogens is 2. The maximum atomic E-state index is 10.0. The third-order valence-corrected chi connectivity index (χ3v) is 1.20. The monoisotopic (exact) mass is 161 g/mol. The zero-order valence-corrected chi connectivity index (χ0v) is 5.65. The van der Waals surface area contributed by atoms with Crippen LogP contribution < -0.4 is 0 Å². The average molecular weight is 162 g/mol. The van der Waals surface area contributed by atoms with Gasteiger partial charge in [-0.15, -0.1) is 11.6 Å². The van der Waals surface area contributed by atoms with E-state index < -0.39 is 4.92 Å². The Balaban J connectivity index is 2.88. The maximum Gasteiger partial charge on any atom is 0.307 e. The van der Waals surface area contributed by atoms with Crippen molar-refractivity contribution in [2.75, 3.05) is 0 Å². The van der Waals surface area contributed by atoms with Gasteiger partial charge in [0.15, 0.2) is 0 Å². The van der Waals surface area contributed by atoms with E-state index in [1.165, 1.54) is 10.9 Å². The summed E-state index contributed by atoms with van der Waals surface area (Å²) >= 11 is 5.32. The molecule has 1 rings (SSSR count). The number of hydrogen-bond acceptors (Lipinski definition) is 3. The predicted molar refractivity (Wildman–Crippen MR) is 34.7 cm³/mol. The van der Waals surface area contributed by atoms with Gasteiger partial charge in [0.2, 0.25) is 0 Å². The van der Waals surface area contributed by atoms with Gasteiger partial charge in [0.1, 0.15) is 18.4 Å². The minimum absolute atomic E-state index is 0.0411. The summed E-state index contributed by atoms with van der Waals surface area (Å²) in [4.78, 5) is 9.52. The SMILES string of the molecule is O=[N+]([O-])c1cnn(CCl)c1. The third-order valence-electron chi connectivity index (χ3n) is 0.953. The fourth-order valence-corrected chi connectivity index (χ4v) is 0.643.